The Morgan fingerprint density at radius 3 is 2.42 bits per heavy atom. The molecule has 0 N–H and O–H groups in total. The van der Waals surface area contributed by atoms with E-state index >= 15 is 0 Å². The highest BCUT2D eigenvalue weighted by Crippen LogP contribution is 2.39. The first kappa shape index (κ1) is 17.1. The monoisotopic (exact) mass is 355 g/mol. The molecule has 1 aliphatic carbocycles. The second-order valence-corrected chi connectivity index (χ2v) is 6.97. The van der Waals surface area contributed by atoms with Crippen LogP contribution < -0.4 is 14.2 Å². The number of fused-ring (bicyclic) bond motifs is 1. The van der Waals surface area contributed by atoms with Crippen molar-refractivity contribution in [1.82, 2.24) is 14.9 Å². The highest BCUT2D eigenvalue weighted by Gasteiger charge is 2.28. The van der Waals surface area contributed by atoms with Crippen molar-refractivity contribution in [2.75, 3.05) is 27.9 Å². The van der Waals surface area contributed by atoms with Crippen molar-refractivity contribution in [2.45, 2.75) is 38.3 Å². The summed E-state index contributed by atoms with van der Waals surface area (Å²) < 4.78 is 16.3. The lowest BCUT2D eigenvalue weighted by Gasteiger charge is -2.28. The van der Waals surface area contributed by atoms with E-state index in [9.17, 15) is 0 Å². The Hall–Kier alpha value is -2.34. The molecule has 2 aromatic rings. The molecule has 1 aromatic carbocycles. The molecule has 4 rings (SSSR count). The summed E-state index contributed by atoms with van der Waals surface area (Å²) in [6.45, 7) is 2.68. The maximum Gasteiger partial charge on any atom is 0.203 e. The minimum Gasteiger partial charge on any atom is -0.493 e. The molecule has 0 unspecified atom stereocenters. The maximum absolute atomic E-state index is 5.46. The van der Waals surface area contributed by atoms with Gasteiger partial charge in [-0.05, 0) is 30.5 Å². The second-order valence-electron chi connectivity index (χ2n) is 6.97. The van der Waals surface area contributed by atoms with Gasteiger partial charge in [0.2, 0.25) is 5.75 Å². The van der Waals surface area contributed by atoms with Gasteiger partial charge in [0.1, 0.15) is 5.82 Å². The highest BCUT2D eigenvalue weighted by atomic mass is 16.5. The van der Waals surface area contributed by atoms with Crippen LogP contribution in [-0.4, -0.2) is 42.7 Å². The van der Waals surface area contributed by atoms with Crippen LogP contribution in [0.2, 0.25) is 0 Å². The van der Waals surface area contributed by atoms with Crippen LogP contribution in [0.15, 0.2) is 18.3 Å². The fourth-order valence-electron chi connectivity index (χ4n) is 3.55. The van der Waals surface area contributed by atoms with Crippen LogP contribution in [0, 0.1) is 0 Å². The van der Waals surface area contributed by atoms with Gasteiger partial charge in [0, 0.05) is 49.4 Å². The average molecular weight is 355 g/mol. The van der Waals surface area contributed by atoms with E-state index in [1.807, 2.05) is 18.3 Å². The number of ether oxygens (including phenoxy) is 3. The minimum atomic E-state index is 0.609. The van der Waals surface area contributed by atoms with Crippen molar-refractivity contribution in [3.63, 3.8) is 0 Å². The van der Waals surface area contributed by atoms with E-state index in [-0.39, 0.29) is 0 Å². The van der Waals surface area contributed by atoms with Gasteiger partial charge in [0.05, 0.1) is 21.3 Å². The zero-order valence-corrected chi connectivity index (χ0v) is 15.6. The minimum absolute atomic E-state index is 0.609. The summed E-state index contributed by atoms with van der Waals surface area (Å²) >= 11 is 0. The lowest BCUT2D eigenvalue weighted by molar-refractivity contribution is 0.241. The molecule has 6 heteroatoms. The first-order valence-electron chi connectivity index (χ1n) is 9.07. The molecule has 138 valence electrons. The number of hydrogen-bond donors (Lipinski definition) is 0. The van der Waals surface area contributed by atoms with Crippen LogP contribution in [0.5, 0.6) is 17.2 Å². The molecule has 0 spiro atoms. The molecule has 1 aliphatic heterocycles. The van der Waals surface area contributed by atoms with Gasteiger partial charge in [-0.15, -0.1) is 0 Å². The van der Waals surface area contributed by atoms with Crippen LogP contribution in [0.3, 0.4) is 0 Å². The SMILES string of the molecule is COc1cc(CN2CCc3nc(C4CC4)ncc3C2)cc(OC)c1OC. The molecule has 2 heterocycles. The van der Waals surface area contributed by atoms with Gasteiger partial charge in [0.15, 0.2) is 11.5 Å². The Bertz CT molecular complexity index is 780. The molecule has 6 nitrogen and oxygen atoms in total. The average Bonchev–Trinajstić information content (AvgIpc) is 3.52. The molecule has 2 aliphatic rings. The van der Waals surface area contributed by atoms with Gasteiger partial charge in [0.25, 0.3) is 0 Å². The molecular weight excluding hydrogens is 330 g/mol. The fourth-order valence-corrected chi connectivity index (χ4v) is 3.55. The van der Waals surface area contributed by atoms with Crippen LogP contribution in [0.4, 0.5) is 0 Å². The molecule has 1 saturated carbocycles. The highest BCUT2D eigenvalue weighted by molar-refractivity contribution is 5.53. The summed E-state index contributed by atoms with van der Waals surface area (Å²) in [7, 11) is 4.91. The van der Waals surface area contributed by atoms with Gasteiger partial charge < -0.3 is 14.2 Å². The Morgan fingerprint density at radius 1 is 1.08 bits per heavy atom. The molecule has 0 amide bonds. The van der Waals surface area contributed by atoms with Crippen molar-refractivity contribution >= 4 is 0 Å². The predicted octanol–water partition coefficient (Wildman–Crippen LogP) is 2.94. The van der Waals surface area contributed by atoms with E-state index in [2.05, 4.69) is 9.88 Å². The number of hydrogen-bond acceptors (Lipinski definition) is 6. The molecule has 0 atom stereocenters. The van der Waals surface area contributed by atoms with E-state index in [4.69, 9.17) is 19.2 Å². The number of benzene rings is 1. The molecule has 0 saturated heterocycles. The van der Waals surface area contributed by atoms with E-state index < -0.39 is 0 Å². The largest absolute Gasteiger partial charge is 0.493 e. The molecule has 26 heavy (non-hydrogen) atoms. The van der Waals surface area contributed by atoms with Crippen molar-refractivity contribution in [2.24, 2.45) is 0 Å². The van der Waals surface area contributed by atoms with Crippen LogP contribution in [-0.2, 0) is 19.5 Å². The van der Waals surface area contributed by atoms with E-state index in [1.54, 1.807) is 21.3 Å². The van der Waals surface area contributed by atoms with E-state index in [0.29, 0.717) is 23.2 Å². The van der Waals surface area contributed by atoms with E-state index in [1.165, 1.54) is 24.1 Å². The number of rotatable bonds is 6. The Balaban J connectivity index is 1.51. The van der Waals surface area contributed by atoms with Crippen molar-refractivity contribution in [3.8, 4) is 17.2 Å². The summed E-state index contributed by atoms with van der Waals surface area (Å²) in [6, 6.07) is 4.03. The van der Waals surface area contributed by atoms with Crippen molar-refractivity contribution in [3.05, 3.63) is 41.0 Å². The first-order valence-corrected chi connectivity index (χ1v) is 9.07. The third kappa shape index (κ3) is 3.33. The van der Waals surface area contributed by atoms with Gasteiger partial charge >= 0.3 is 0 Å². The fraction of sp³-hybridized carbons (Fsp3) is 0.500. The molecular formula is C20H25N3O3. The molecule has 0 bridgehead atoms. The first-order chi connectivity index (χ1) is 12.7. The number of aromatic nitrogens is 2. The van der Waals surface area contributed by atoms with E-state index in [0.717, 1.165) is 37.4 Å². The van der Waals surface area contributed by atoms with Gasteiger partial charge in [-0.3, -0.25) is 4.90 Å². The van der Waals surface area contributed by atoms with Crippen LogP contribution in [0.25, 0.3) is 0 Å². The van der Waals surface area contributed by atoms with Gasteiger partial charge in [-0.25, -0.2) is 9.97 Å². The Labute approximate surface area is 154 Å². The lowest BCUT2D eigenvalue weighted by Crippen LogP contribution is -2.31. The van der Waals surface area contributed by atoms with Gasteiger partial charge in [-0.1, -0.05) is 0 Å². The Kier molecular flexibility index (Phi) is 4.68. The summed E-state index contributed by atoms with van der Waals surface area (Å²) in [4.78, 5) is 11.8. The summed E-state index contributed by atoms with van der Waals surface area (Å²) in [5.41, 5.74) is 3.61. The Morgan fingerprint density at radius 2 is 1.81 bits per heavy atom. The quantitative estimate of drug-likeness (QED) is 0.794. The smallest absolute Gasteiger partial charge is 0.203 e. The predicted molar refractivity (Wildman–Crippen MR) is 97.9 cm³/mol. The molecule has 1 fully saturated rings. The summed E-state index contributed by atoms with van der Waals surface area (Å²) in [6.07, 6.45) is 5.48. The van der Waals surface area contributed by atoms with Crippen molar-refractivity contribution in [1.29, 1.82) is 0 Å². The van der Waals surface area contributed by atoms with Gasteiger partial charge in [-0.2, -0.15) is 0 Å². The zero-order chi connectivity index (χ0) is 18.1. The van der Waals surface area contributed by atoms with Crippen molar-refractivity contribution < 1.29 is 14.2 Å². The zero-order valence-electron chi connectivity index (χ0n) is 15.6. The molecule has 0 radical (unpaired) electrons. The molecule has 1 aromatic heterocycles. The standard InChI is InChI=1S/C20H25N3O3/c1-24-17-8-13(9-18(25-2)19(17)26-3)11-23-7-6-16-15(12-23)10-21-20(22-16)14-4-5-14/h8-10,14H,4-7,11-12H2,1-3H3. The summed E-state index contributed by atoms with van der Waals surface area (Å²) in [5, 5.41) is 0. The topological polar surface area (TPSA) is 56.7 Å². The third-order valence-corrected chi connectivity index (χ3v) is 5.10. The van der Waals surface area contributed by atoms with Crippen LogP contribution >= 0.6 is 0 Å². The number of nitrogens with zero attached hydrogens (tertiary/aromatic N) is 3. The third-order valence-electron chi connectivity index (χ3n) is 5.10. The number of methoxy groups -OCH3 is 3. The van der Waals surface area contributed by atoms with Crippen LogP contribution in [0.1, 0.15) is 41.4 Å². The normalized spacial score (nSPS) is 16.9. The second kappa shape index (κ2) is 7.11. The summed E-state index contributed by atoms with van der Waals surface area (Å²) in [5.74, 6) is 3.66. The maximum atomic E-state index is 5.46. The lowest BCUT2D eigenvalue weighted by atomic mass is 10.1.